The minimum absolute atomic E-state index is 0.106. The molecular formula is C26H32O4S. The van der Waals surface area contributed by atoms with E-state index >= 15 is 0 Å². The number of benzene rings is 2. The van der Waals surface area contributed by atoms with Gasteiger partial charge in [0.1, 0.15) is 17.4 Å². The van der Waals surface area contributed by atoms with Crippen molar-refractivity contribution < 1.29 is 19.0 Å². The average Bonchev–Trinajstić information content (AvgIpc) is 2.72. The lowest BCUT2D eigenvalue weighted by Crippen LogP contribution is -2.33. The topological polar surface area (TPSA) is 44.8 Å². The number of carbonyl (C=O) groups excluding carboxylic acids is 1. The van der Waals surface area contributed by atoms with Gasteiger partial charge in [0, 0.05) is 30.1 Å². The van der Waals surface area contributed by atoms with Crippen molar-refractivity contribution in [2.75, 3.05) is 19.7 Å². The minimum Gasteiger partial charge on any atom is -0.471 e. The van der Waals surface area contributed by atoms with Gasteiger partial charge >= 0.3 is 5.97 Å². The molecule has 166 valence electrons. The second-order valence-corrected chi connectivity index (χ2v) is 9.47. The number of ether oxygens (including phenoxy) is 3. The summed E-state index contributed by atoms with van der Waals surface area (Å²) in [6.45, 7) is 10.4. The Labute approximate surface area is 190 Å². The van der Waals surface area contributed by atoms with E-state index in [1.807, 2.05) is 13.8 Å². The van der Waals surface area contributed by atoms with Crippen molar-refractivity contribution >= 4 is 23.3 Å². The average molecular weight is 441 g/mol. The highest BCUT2D eigenvalue weighted by atomic mass is 32.2. The Balaban J connectivity index is 1.83. The molecule has 0 saturated heterocycles. The first-order valence-corrected chi connectivity index (χ1v) is 11.6. The van der Waals surface area contributed by atoms with Crippen molar-refractivity contribution in [1.82, 2.24) is 0 Å². The fraction of sp³-hybridized carbons (Fsp3) is 0.423. The van der Waals surface area contributed by atoms with E-state index in [4.69, 9.17) is 14.2 Å². The van der Waals surface area contributed by atoms with Crippen molar-refractivity contribution in [2.24, 2.45) is 5.92 Å². The molecule has 0 spiro atoms. The third-order valence-electron chi connectivity index (χ3n) is 5.57. The molecule has 2 atom stereocenters. The van der Waals surface area contributed by atoms with Gasteiger partial charge in [-0.15, -0.1) is 11.8 Å². The van der Waals surface area contributed by atoms with Crippen molar-refractivity contribution in [3.63, 3.8) is 0 Å². The predicted molar refractivity (Wildman–Crippen MR) is 126 cm³/mol. The molecule has 0 aliphatic carbocycles. The van der Waals surface area contributed by atoms with Crippen LogP contribution >= 0.6 is 11.8 Å². The number of hydrogen-bond donors (Lipinski definition) is 0. The lowest BCUT2D eigenvalue weighted by atomic mass is 9.89. The summed E-state index contributed by atoms with van der Waals surface area (Å²) in [4.78, 5) is 14.4. The molecule has 2 aromatic rings. The molecule has 3 rings (SSSR count). The number of carbonyl (C=O) groups is 1. The van der Waals surface area contributed by atoms with E-state index in [9.17, 15) is 4.79 Å². The molecule has 2 unspecified atom stereocenters. The first-order chi connectivity index (χ1) is 14.8. The van der Waals surface area contributed by atoms with Crippen LogP contribution in [0, 0.1) is 33.6 Å². The number of thioether (sulfide) groups is 1. The summed E-state index contributed by atoms with van der Waals surface area (Å²) in [5.74, 6) is 1.38. The number of aryl methyl sites for hydroxylation is 4. The first kappa shape index (κ1) is 23.4. The summed E-state index contributed by atoms with van der Waals surface area (Å²) < 4.78 is 17.0. The van der Waals surface area contributed by atoms with E-state index in [1.54, 1.807) is 18.9 Å². The molecule has 1 aliphatic rings. The fourth-order valence-electron chi connectivity index (χ4n) is 4.00. The van der Waals surface area contributed by atoms with E-state index in [1.165, 1.54) is 16.0 Å². The van der Waals surface area contributed by atoms with Gasteiger partial charge in [-0.3, -0.25) is 0 Å². The molecular weight excluding hydrogens is 408 g/mol. The van der Waals surface area contributed by atoms with E-state index in [0.717, 1.165) is 22.4 Å². The van der Waals surface area contributed by atoms with Gasteiger partial charge in [0.05, 0.1) is 0 Å². The van der Waals surface area contributed by atoms with Crippen LogP contribution in [0.4, 0.5) is 0 Å². The van der Waals surface area contributed by atoms with Crippen LogP contribution in [0.1, 0.15) is 41.2 Å². The minimum atomic E-state index is -0.315. The Morgan fingerprint density at radius 1 is 1.06 bits per heavy atom. The van der Waals surface area contributed by atoms with E-state index in [-0.39, 0.29) is 24.8 Å². The Kier molecular flexibility index (Phi) is 7.84. The van der Waals surface area contributed by atoms with Crippen molar-refractivity contribution in [2.45, 2.75) is 52.0 Å². The van der Waals surface area contributed by atoms with Crippen LogP contribution in [-0.2, 0) is 19.0 Å². The van der Waals surface area contributed by atoms with Crippen molar-refractivity contribution in [3.8, 4) is 0 Å². The second kappa shape index (κ2) is 10.4. The third-order valence-corrected chi connectivity index (χ3v) is 6.87. The summed E-state index contributed by atoms with van der Waals surface area (Å²) in [6, 6.07) is 12.7. The lowest BCUT2D eigenvalue weighted by Gasteiger charge is -2.31. The number of methoxy groups -OCH3 is 1. The molecule has 0 aromatic heterocycles. The third kappa shape index (κ3) is 5.72. The molecule has 0 N–H and O–H groups in total. The summed E-state index contributed by atoms with van der Waals surface area (Å²) in [5.41, 5.74) is 5.94. The normalized spacial score (nSPS) is 17.5. The predicted octanol–water partition coefficient (Wildman–Crippen LogP) is 6.00. The summed E-state index contributed by atoms with van der Waals surface area (Å²) in [5, 5.41) is 0. The van der Waals surface area contributed by atoms with Gasteiger partial charge in [0.2, 0.25) is 0 Å². The Morgan fingerprint density at radius 3 is 2.32 bits per heavy atom. The van der Waals surface area contributed by atoms with Crippen LogP contribution in [0.25, 0.3) is 5.57 Å². The first-order valence-electron chi connectivity index (χ1n) is 10.6. The van der Waals surface area contributed by atoms with Gasteiger partial charge < -0.3 is 14.2 Å². The summed E-state index contributed by atoms with van der Waals surface area (Å²) >= 11 is 1.78. The zero-order chi connectivity index (χ0) is 22.5. The molecule has 31 heavy (non-hydrogen) atoms. The zero-order valence-electron chi connectivity index (χ0n) is 19.3. The highest BCUT2D eigenvalue weighted by Crippen LogP contribution is 2.37. The van der Waals surface area contributed by atoms with Crippen LogP contribution in [0.2, 0.25) is 0 Å². The highest BCUT2D eigenvalue weighted by molar-refractivity contribution is 7.99. The Hall–Kier alpha value is -2.24. The maximum absolute atomic E-state index is 13.2. The number of cyclic esters (lactones) is 1. The molecule has 0 fully saturated rings. The number of rotatable bonds is 8. The monoisotopic (exact) mass is 440 g/mol. The van der Waals surface area contributed by atoms with E-state index in [2.05, 4.69) is 57.2 Å². The van der Waals surface area contributed by atoms with Crippen molar-refractivity contribution in [1.29, 1.82) is 0 Å². The molecule has 0 saturated carbocycles. The molecule has 0 radical (unpaired) electrons. The molecule has 0 bridgehead atoms. The van der Waals surface area contributed by atoms with Crippen molar-refractivity contribution in [3.05, 3.63) is 70.0 Å². The zero-order valence-corrected chi connectivity index (χ0v) is 20.1. The standard InChI is InChI=1S/C26H32O4S/c1-16-7-9-21(10-8-16)31-14-20(5)22-13-23(29-15-28-6)25(26(27)30-22)24-18(3)11-17(2)12-19(24)4/h7-12,20,22H,13-15H2,1-6H3. The molecule has 1 aliphatic heterocycles. The van der Waals surface area contributed by atoms with Gasteiger partial charge in [0.15, 0.2) is 6.79 Å². The van der Waals surface area contributed by atoms with E-state index < -0.39 is 0 Å². The van der Waals surface area contributed by atoms with E-state index in [0.29, 0.717) is 17.8 Å². The van der Waals surface area contributed by atoms with Crippen LogP contribution in [0.3, 0.4) is 0 Å². The van der Waals surface area contributed by atoms with Gasteiger partial charge in [-0.1, -0.05) is 42.3 Å². The van der Waals surface area contributed by atoms with Gasteiger partial charge in [-0.05, 0) is 56.5 Å². The summed E-state index contributed by atoms with van der Waals surface area (Å²) in [6.07, 6.45) is 0.319. The van der Waals surface area contributed by atoms with Crippen LogP contribution < -0.4 is 0 Å². The molecule has 5 heteroatoms. The molecule has 0 amide bonds. The van der Waals surface area contributed by atoms with Crippen LogP contribution in [0.5, 0.6) is 0 Å². The quantitative estimate of drug-likeness (QED) is 0.286. The van der Waals surface area contributed by atoms with Gasteiger partial charge in [0.25, 0.3) is 0 Å². The largest absolute Gasteiger partial charge is 0.471 e. The number of esters is 1. The number of hydrogen-bond acceptors (Lipinski definition) is 5. The Morgan fingerprint density at radius 2 is 1.71 bits per heavy atom. The SMILES string of the molecule is COCOC1=C(c2c(C)cc(C)cc2C)C(=O)OC(C(C)CSc2ccc(C)cc2)C1. The smallest absolute Gasteiger partial charge is 0.342 e. The van der Waals surface area contributed by atoms with Crippen LogP contribution in [-0.4, -0.2) is 31.7 Å². The molecule has 4 nitrogen and oxygen atoms in total. The van der Waals surface area contributed by atoms with Crippen LogP contribution in [0.15, 0.2) is 47.1 Å². The second-order valence-electron chi connectivity index (χ2n) is 8.37. The Bertz CT molecular complexity index is 939. The fourth-order valence-corrected chi connectivity index (χ4v) is 5.00. The summed E-state index contributed by atoms with van der Waals surface area (Å²) in [7, 11) is 1.59. The highest BCUT2D eigenvalue weighted by Gasteiger charge is 2.35. The maximum Gasteiger partial charge on any atom is 0.342 e. The molecule has 1 heterocycles. The molecule has 2 aromatic carbocycles. The van der Waals surface area contributed by atoms with Gasteiger partial charge in [-0.2, -0.15) is 0 Å². The maximum atomic E-state index is 13.2. The van der Waals surface area contributed by atoms with Gasteiger partial charge in [-0.25, -0.2) is 4.79 Å². The lowest BCUT2D eigenvalue weighted by molar-refractivity contribution is -0.146.